The van der Waals surface area contributed by atoms with E-state index in [1.165, 1.54) is 0 Å². The minimum Gasteiger partial charge on any atom is -0.494 e. The minimum atomic E-state index is -1.02. The maximum atomic E-state index is 11.8. The molecule has 0 bridgehead atoms. The first-order valence-corrected chi connectivity index (χ1v) is 5.39. The first-order chi connectivity index (χ1) is 8.13. The molecule has 0 saturated heterocycles. The Hall–Kier alpha value is -1.62. The molecule has 5 heteroatoms. The molecule has 0 unspecified atom stereocenters. The smallest absolute Gasteiger partial charge is 0.320 e. The van der Waals surface area contributed by atoms with Gasteiger partial charge in [0.2, 0.25) is 0 Å². The molecule has 1 rings (SSSR count). The first-order valence-electron chi connectivity index (χ1n) is 5.39. The molecule has 1 atom stereocenters. The zero-order valence-electron chi connectivity index (χ0n) is 9.43. The summed E-state index contributed by atoms with van der Waals surface area (Å²) in [6, 6.07) is 6.07. The Morgan fingerprint density at radius 2 is 2.06 bits per heavy atom. The van der Waals surface area contributed by atoms with Gasteiger partial charge in [0.1, 0.15) is 11.8 Å². The quantitative estimate of drug-likeness (QED) is 0.706. The van der Waals surface area contributed by atoms with Crippen LogP contribution in [-0.2, 0) is 11.2 Å². The molecule has 1 aromatic rings. The number of ether oxygens (including phenoxy) is 1. The van der Waals surface area contributed by atoms with Crippen LogP contribution >= 0.6 is 0 Å². The molecule has 3 N–H and O–H groups in total. The van der Waals surface area contributed by atoms with Gasteiger partial charge in [-0.3, -0.25) is 9.18 Å². The lowest BCUT2D eigenvalue weighted by Gasteiger charge is -2.08. The van der Waals surface area contributed by atoms with Crippen LogP contribution < -0.4 is 10.5 Å². The standard InChI is InChI=1S/C12H16FNO3/c13-6-1-7-17-10-4-2-9(3-5-10)8-11(14)12(15)16/h2-5,11H,1,6-8,14H2,(H,15,16)/t11-/m0/s1/i13-1. The van der Waals surface area contributed by atoms with Crippen LogP contribution in [-0.4, -0.2) is 30.4 Å². The third-order valence-corrected chi connectivity index (χ3v) is 2.24. The third-order valence-electron chi connectivity index (χ3n) is 2.24. The van der Waals surface area contributed by atoms with Gasteiger partial charge in [0, 0.05) is 6.42 Å². The Morgan fingerprint density at radius 3 is 2.59 bits per heavy atom. The Kier molecular flexibility index (Phi) is 5.42. The van der Waals surface area contributed by atoms with Crippen LogP contribution in [0, 0.1) is 0 Å². The molecule has 1 aromatic carbocycles. The van der Waals surface area contributed by atoms with Crippen molar-refractivity contribution < 1.29 is 19.0 Å². The van der Waals surface area contributed by atoms with Crippen molar-refractivity contribution in [1.29, 1.82) is 0 Å². The second kappa shape index (κ2) is 6.85. The number of hydrogen-bond donors (Lipinski definition) is 2. The minimum absolute atomic E-state index is 0.278. The van der Waals surface area contributed by atoms with Crippen LogP contribution in [0.25, 0.3) is 0 Å². The van der Waals surface area contributed by atoms with Crippen molar-refractivity contribution in [2.75, 3.05) is 13.3 Å². The van der Waals surface area contributed by atoms with Crippen LogP contribution in [0.15, 0.2) is 24.3 Å². The van der Waals surface area contributed by atoms with Crippen LogP contribution in [0.4, 0.5) is 4.39 Å². The van der Waals surface area contributed by atoms with E-state index >= 15 is 0 Å². The van der Waals surface area contributed by atoms with E-state index in [1.807, 2.05) is 0 Å². The highest BCUT2D eigenvalue weighted by molar-refractivity contribution is 5.73. The first kappa shape index (κ1) is 13.4. The Balaban J connectivity index is 2.47. The Bertz CT molecular complexity index is 353. The number of nitrogens with two attached hydrogens (primary N) is 1. The molecule has 0 spiro atoms. The molecule has 0 aliphatic heterocycles. The van der Waals surface area contributed by atoms with E-state index < -0.39 is 18.7 Å². The molecule has 0 aromatic heterocycles. The van der Waals surface area contributed by atoms with Crippen LogP contribution in [0.5, 0.6) is 5.75 Å². The summed E-state index contributed by atoms with van der Waals surface area (Å²) in [5.41, 5.74) is 6.24. The molecular weight excluding hydrogens is 224 g/mol. The fourth-order valence-corrected chi connectivity index (χ4v) is 1.31. The number of alkyl halides is 1. The average Bonchev–Trinajstić information content (AvgIpc) is 2.31. The van der Waals surface area contributed by atoms with Crippen molar-refractivity contribution in [2.45, 2.75) is 18.9 Å². The number of aliphatic carboxylic acids is 1. The summed E-state index contributed by atoms with van der Waals surface area (Å²) in [5.74, 6) is -0.376. The van der Waals surface area contributed by atoms with Gasteiger partial charge in [-0.15, -0.1) is 0 Å². The predicted octanol–water partition coefficient (Wildman–Crippen LogP) is 1.38. The Labute approximate surface area is 99.2 Å². The topological polar surface area (TPSA) is 72.5 Å². The summed E-state index contributed by atoms with van der Waals surface area (Å²) in [6.07, 6.45) is 0.645. The lowest BCUT2D eigenvalue weighted by Crippen LogP contribution is -2.32. The number of rotatable bonds is 7. The summed E-state index contributed by atoms with van der Waals surface area (Å²) >= 11 is 0. The number of benzene rings is 1. The predicted molar refractivity (Wildman–Crippen MR) is 61.8 cm³/mol. The molecular formula is C12H16FNO3. The van der Waals surface area contributed by atoms with Crippen LogP contribution in [0.3, 0.4) is 0 Å². The molecule has 17 heavy (non-hydrogen) atoms. The summed E-state index contributed by atoms with van der Waals surface area (Å²) in [5, 5.41) is 8.66. The highest BCUT2D eigenvalue weighted by Gasteiger charge is 2.11. The molecule has 4 nitrogen and oxygen atoms in total. The van der Waals surface area contributed by atoms with Gasteiger partial charge in [-0.2, -0.15) is 0 Å². The molecule has 0 aliphatic rings. The molecule has 0 saturated carbocycles. The number of carboxylic acids is 1. The molecule has 0 aliphatic carbocycles. The lowest BCUT2D eigenvalue weighted by atomic mass is 10.1. The maximum Gasteiger partial charge on any atom is 0.320 e. The van der Waals surface area contributed by atoms with E-state index in [1.54, 1.807) is 24.3 Å². The van der Waals surface area contributed by atoms with Crippen LogP contribution in [0.1, 0.15) is 12.0 Å². The van der Waals surface area contributed by atoms with Gasteiger partial charge in [0.05, 0.1) is 13.3 Å². The normalized spacial score (nSPS) is 12.1. The van der Waals surface area contributed by atoms with E-state index in [2.05, 4.69) is 0 Å². The van der Waals surface area contributed by atoms with Crippen LogP contribution in [0.2, 0.25) is 0 Å². The lowest BCUT2D eigenvalue weighted by molar-refractivity contribution is -0.138. The van der Waals surface area contributed by atoms with Gasteiger partial charge < -0.3 is 15.6 Å². The number of carbonyl (C=O) groups is 1. The monoisotopic (exact) mass is 240 g/mol. The maximum absolute atomic E-state index is 11.8. The van der Waals surface area contributed by atoms with E-state index in [0.717, 1.165) is 5.56 Å². The van der Waals surface area contributed by atoms with E-state index in [9.17, 15) is 9.18 Å². The fraction of sp³-hybridized carbons (Fsp3) is 0.417. The zero-order chi connectivity index (χ0) is 12.7. The largest absolute Gasteiger partial charge is 0.494 e. The second-order valence-corrected chi connectivity index (χ2v) is 3.68. The Morgan fingerprint density at radius 1 is 1.41 bits per heavy atom. The fourth-order valence-electron chi connectivity index (χ4n) is 1.31. The van der Waals surface area contributed by atoms with Gasteiger partial charge in [-0.25, -0.2) is 0 Å². The average molecular weight is 240 g/mol. The van der Waals surface area contributed by atoms with Crippen molar-refractivity contribution in [2.24, 2.45) is 5.73 Å². The molecule has 0 heterocycles. The zero-order valence-corrected chi connectivity index (χ0v) is 9.43. The summed E-state index contributed by atoms with van der Waals surface area (Å²) < 4.78 is 17.1. The van der Waals surface area contributed by atoms with Gasteiger partial charge in [0.15, 0.2) is 0 Å². The summed E-state index contributed by atoms with van der Waals surface area (Å²) in [4.78, 5) is 10.6. The van der Waals surface area contributed by atoms with E-state index in [0.29, 0.717) is 18.8 Å². The number of halogens is 1. The van der Waals surface area contributed by atoms with E-state index in [4.69, 9.17) is 15.6 Å². The number of carboxylic acid groups (broad SMARTS) is 1. The van der Waals surface area contributed by atoms with Crippen molar-refractivity contribution in [1.82, 2.24) is 0 Å². The van der Waals surface area contributed by atoms with Crippen molar-refractivity contribution >= 4 is 5.97 Å². The SMILES string of the molecule is N[C@@H](Cc1ccc(OCCC[18F])cc1)C(=O)O. The summed E-state index contributed by atoms with van der Waals surface area (Å²) in [7, 11) is 0. The van der Waals surface area contributed by atoms with Gasteiger partial charge in [-0.1, -0.05) is 12.1 Å². The highest BCUT2D eigenvalue weighted by Crippen LogP contribution is 2.13. The van der Waals surface area contributed by atoms with Crippen molar-refractivity contribution in [3.8, 4) is 5.75 Å². The van der Waals surface area contributed by atoms with Gasteiger partial charge in [-0.05, 0) is 24.1 Å². The molecule has 94 valence electrons. The highest BCUT2D eigenvalue weighted by atomic mass is 18.2. The van der Waals surface area contributed by atoms with Crippen molar-refractivity contribution in [3.63, 3.8) is 0 Å². The molecule has 0 amide bonds. The molecule has 0 fully saturated rings. The van der Waals surface area contributed by atoms with E-state index in [-0.39, 0.29) is 6.42 Å². The summed E-state index contributed by atoms with van der Waals surface area (Å²) in [6.45, 7) is -0.0595. The van der Waals surface area contributed by atoms with Gasteiger partial charge >= 0.3 is 5.97 Å². The molecule has 0 radical (unpaired) electrons. The number of hydrogen-bond acceptors (Lipinski definition) is 3. The van der Waals surface area contributed by atoms with Crippen molar-refractivity contribution in [3.05, 3.63) is 29.8 Å². The third kappa shape index (κ3) is 4.82. The van der Waals surface area contributed by atoms with Gasteiger partial charge in [0.25, 0.3) is 0 Å². The second-order valence-electron chi connectivity index (χ2n) is 3.68.